The number of anilines is 1. The Balaban J connectivity index is 2.82. The molecule has 4 heteroatoms. The summed E-state index contributed by atoms with van der Waals surface area (Å²) in [5.74, 6) is 0.835. The molecule has 0 spiro atoms. The van der Waals surface area contributed by atoms with Gasteiger partial charge in [-0.3, -0.25) is 0 Å². The van der Waals surface area contributed by atoms with E-state index in [2.05, 4.69) is 4.98 Å². The van der Waals surface area contributed by atoms with Gasteiger partial charge in [0.2, 0.25) is 0 Å². The lowest BCUT2D eigenvalue weighted by atomic mass is 10.2. The Bertz CT molecular complexity index is 325. The van der Waals surface area contributed by atoms with E-state index in [0.29, 0.717) is 12.1 Å². The van der Waals surface area contributed by atoms with E-state index in [9.17, 15) is 0 Å². The quantitative estimate of drug-likeness (QED) is 0.763. The molecule has 0 aliphatic heterocycles. The zero-order valence-electron chi connectivity index (χ0n) is 8.44. The van der Waals surface area contributed by atoms with Crippen LogP contribution in [0, 0.1) is 11.3 Å². The van der Waals surface area contributed by atoms with E-state index in [1.54, 1.807) is 12.3 Å². The van der Waals surface area contributed by atoms with Crippen LogP contribution in [0.2, 0.25) is 0 Å². The minimum atomic E-state index is 0.246. The van der Waals surface area contributed by atoms with Crippen molar-refractivity contribution in [3.8, 4) is 6.07 Å². The predicted octanol–water partition coefficient (Wildman–Crippen LogP) is 0.737. The lowest BCUT2D eigenvalue weighted by molar-refractivity contribution is 0.687. The normalized spacial score (nSPS) is 11.9. The second kappa shape index (κ2) is 4.58. The van der Waals surface area contributed by atoms with Crippen LogP contribution in [0.5, 0.6) is 0 Å². The number of nitriles is 1. The third-order valence-electron chi connectivity index (χ3n) is 2.24. The first-order valence-corrected chi connectivity index (χ1v) is 4.48. The second-order valence-electron chi connectivity index (χ2n) is 3.21. The summed E-state index contributed by atoms with van der Waals surface area (Å²) in [6.45, 7) is 2.61. The Labute approximate surface area is 84.0 Å². The highest BCUT2D eigenvalue weighted by atomic mass is 15.2. The molecule has 1 aromatic rings. The Kier molecular flexibility index (Phi) is 3.43. The highest BCUT2D eigenvalue weighted by molar-refractivity contribution is 5.41. The molecule has 0 amide bonds. The molecule has 1 rings (SSSR count). The summed E-state index contributed by atoms with van der Waals surface area (Å²) < 4.78 is 0. The number of nitrogens with zero attached hydrogens (tertiary/aromatic N) is 3. The molecule has 0 saturated carbocycles. The molecular weight excluding hydrogens is 176 g/mol. The van der Waals surface area contributed by atoms with Crippen LogP contribution in [0.3, 0.4) is 0 Å². The molecule has 2 N–H and O–H groups in total. The molecule has 1 atom stereocenters. The minimum Gasteiger partial charge on any atom is -0.356 e. The molecule has 1 unspecified atom stereocenters. The molecule has 0 bridgehead atoms. The van der Waals surface area contributed by atoms with Gasteiger partial charge in [0.1, 0.15) is 11.9 Å². The summed E-state index contributed by atoms with van der Waals surface area (Å²) in [6, 6.07) is 5.85. The fraction of sp³-hybridized carbons (Fsp3) is 0.400. The van der Waals surface area contributed by atoms with Crippen molar-refractivity contribution in [3.05, 3.63) is 23.9 Å². The summed E-state index contributed by atoms with van der Waals surface area (Å²) in [5.41, 5.74) is 6.12. The van der Waals surface area contributed by atoms with Crippen LogP contribution in [0.1, 0.15) is 12.5 Å². The van der Waals surface area contributed by atoms with Gasteiger partial charge in [-0.05, 0) is 19.1 Å². The van der Waals surface area contributed by atoms with E-state index >= 15 is 0 Å². The van der Waals surface area contributed by atoms with E-state index in [1.165, 1.54) is 0 Å². The van der Waals surface area contributed by atoms with Crippen molar-refractivity contribution in [2.75, 3.05) is 18.5 Å². The predicted molar refractivity (Wildman–Crippen MR) is 55.9 cm³/mol. The Morgan fingerprint density at radius 3 is 2.79 bits per heavy atom. The number of hydrogen-bond donors (Lipinski definition) is 1. The van der Waals surface area contributed by atoms with Crippen molar-refractivity contribution in [3.63, 3.8) is 0 Å². The van der Waals surface area contributed by atoms with Crippen molar-refractivity contribution in [1.29, 1.82) is 5.26 Å². The summed E-state index contributed by atoms with van der Waals surface area (Å²) in [5, 5.41) is 8.60. The van der Waals surface area contributed by atoms with Crippen LogP contribution >= 0.6 is 0 Å². The first kappa shape index (κ1) is 10.5. The van der Waals surface area contributed by atoms with Crippen LogP contribution in [0.15, 0.2) is 18.3 Å². The van der Waals surface area contributed by atoms with E-state index in [4.69, 9.17) is 11.0 Å². The van der Waals surface area contributed by atoms with Gasteiger partial charge < -0.3 is 10.6 Å². The average Bonchev–Trinajstić information content (AvgIpc) is 2.27. The van der Waals surface area contributed by atoms with Crippen LogP contribution in [-0.4, -0.2) is 24.6 Å². The van der Waals surface area contributed by atoms with Crippen LogP contribution < -0.4 is 10.6 Å². The zero-order valence-corrected chi connectivity index (χ0v) is 8.44. The molecule has 74 valence electrons. The van der Waals surface area contributed by atoms with Crippen molar-refractivity contribution in [2.45, 2.75) is 13.0 Å². The average molecular weight is 190 g/mol. The first-order valence-electron chi connectivity index (χ1n) is 4.48. The van der Waals surface area contributed by atoms with E-state index in [1.807, 2.05) is 31.0 Å². The maximum absolute atomic E-state index is 8.60. The molecule has 0 radical (unpaired) electrons. The Morgan fingerprint density at radius 1 is 1.64 bits per heavy atom. The van der Waals surface area contributed by atoms with Gasteiger partial charge in [-0.25, -0.2) is 4.98 Å². The number of likely N-dealkylation sites (N-methyl/N-ethyl adjacent to an activating group) is 1. The number of rotatable bonds is 3. The fourth-order valence-corrected chi connectivity index (χ4v) is 1.04. The number of aromatic nitrogens is 1. The van der Waals surface area contributed by atoms with Gasteiger partial charge in [0.15, 0.2) is 0 Å². The van der Waals surface area contributed by atoms with Gasteiger partial charge in [0, 0.05) is 25.8 Å². The maximum Gasteiger partial charge on any atom is 0.128 e. The fourth-order valence-electron chi connectivity index (χ4n) is 1.04. The van der Waals surface area contributed by atoms with Crippen LogP contribution in [-0.2, 0) is 0 Å². The standard InChI is InChI=1S/C10H14N4/c1-8(5-11)14(2)10-4-3-9(6-12)7-13-10/h3-4,7-8H,5,11H2,1-2H3. The highest BCUT2D eigenvalue weighted by Crippen LogP contribution is 2.11. The summed E-state index contributed by atoms with van der Waals surface area (Å²) in [7, 11) is 1.94. The molecule has 0 aromatic carbocycles. The minimum absolute atomic E-state index is 0.246. The number of nitrogens with two attached hydrogens (primary N) is 1. The SMILES string of the molecule is CC(CN)N(C)c1ccc(C#N)cn1. The van der Waals surface area contributed by atoms with Gasteiger partial charge in [0.25, 0.3) is 0 Å². The van der Waals surface area contributed by atoms with E-state index in [-0.39, 0.29) is 6.04 Å². The molecule has 0 aliphatic rings. The molecule has 1 aromatic heterocycles. The zero-order chi connectivity index (χ0) is 10.6. The number of hydrogen-bond acceptors (Lipinski definition) is 4. The third-order valence-corrected chi connectivity index (χ3v) is 2.24. The molecule has 0 saturated heterocycles. The van der Waals surface area contributed by atoms with Crippen molar-refractivity contribution in [2.24, 2.45) is 5.73 Å². The van der Waals surface area contributed by atoms with E-state index < -0.39 is 0 Å². The largest absolute Gasteiger partial charge is 0.356 e. The van der Waals surface area contributed by atoms with Gasteiger partial charge in [0.05, 0.1) is 5.56 Å². The van der Waals surface area contributed by atoms with Crippen LogP contribution in [0.25, 0.3) is 0 Å². The van der Waals surface area contributed by atoms with Crippen molar-refractivity contribution in [1.82, 2.24) is 4.98 Å². The Hall–Kier alpha value is -1.60. The monoisotopic (exact) mass is 190 g/mol. The lowest BCUT2D eigenvalue weighted by Gasteiger charge is -2.24. The smallest absolute Gasteiger partial charge is 0.128 e. The maximum atomic E-state index is 8.60. The molecule has 1 heterocycles. The van der Waals surface area contributed by atoms with Crippen molar-refractivity contribution < 1.29 is 0 Å². The summed E-state index contributed by atoms with van der Waals surface area (Å²) >= 11 is 0. The first-order chi connectivity index (χ1) is 6.69. The molecular formula is C10H14N4. The summed E-state index contributed by atoms with van der Waals surface area (Å²) in [4.78, 5) is 6.15. The molecule has 0 fully saturated rings. The van der Waals surface area contributed by atoms with Gasteiger partial charge in [-0.1, -0.05) is 0 Å². The van der Waals surface area contributed by atoms with Gasteiger partial charge in [-0.2, -0.15) is 5.26 Å². The number of pyridine rings is 1. The Morgan fingerprint density at radius 2 is 2.36 bits per heavy atom. The molecule has 14 heavy (non-hydrogen) atoms. The third kappa shape index (κ3) is 2.21. The molecule has 4 nitrogen and oxygen atoms in total. The topological polar surface area (TPSA) is 65.9 Å². The van der Waals surface area contributed by atoms with Crippen molar-refractivity contribution >= 4 is 5.82 Å². The van der Waals surface area contributed by atoms with Crippen LogP contribution in [0.4, 0.5) is 5.82 Å². The van der Waals surface area contributed by atoms with E-state index in [0.717, 1.165) is 5.82 Å². The molecule has 0 aliphatic carbocycles. The van der Waals surface area contributed by atoms with Gasteiger partial charge in [-0.15, -0.1) is 0 Å². The summed E-state index contributed by atoms with van der Waals surface area (Å²) in [6.07, 6.45) is 1.56. The van der Waals surface area contributed by atoms with Gasteiger partial charge >= 0.3 is 0 Å². The second-order valence-corrected chi connectivity index (χ2v) is 3.21. The lowest BCUT2D eigenvalue weighted by Crippen LogP contribution is -2.35. The highest BCUT2D eigenvalue weighted by Gasteiger charge is 2.08.